The van der Waals surface area contributed by atoms with Crippen LogP contribution in [-0.2, 0) is 0 Å². The van der Waals surface area contributed by atoms with Crippen molar-refractivity contribution < 1.29 is 14.3 Å². The summed E-state index contributed by atoms with van der Waals surface area (Å²) in [5.74, 6) is -2.20. The Balaban J connectivity index is 2.38. The maximum absolute atomic E-state index is 13.6. The van der Waals surface area contributed by atoms with Crippen LogP contribution in [-0.4, -0.2) is 11.0 Å². The fourth-order valence-corrected chi connectivity index (χ4v) is 1.81. The van der Waals surface area contributed by atoms with Crippen molar-refractivity contribution in [3.8, 4) is 11.8 Å². The van der Waals surface area contributed by atoms with Crippen molar-refractivity contribution in [2.75, 3.05) is 5.32 Å². The molecule has 0 saturated heterocycles. The van der Waals surface area contributed by atoms with Gasteiger partial charge in [-0.3, -0.25) is 4.79 Å². The molecule has 6 heteroatoms. The maximum atomic E-state index is 13.6. The number of nitrogens with one attached hydrogen (secondary N) is 1. The lowest BCUT2D eigenvalue weighted by Crippen LogP contribution is -2.14. The maximum Gasteiger partial charge on any atom is 0.262 e. The monoisotopic (exact) mass is 290 g/mol. The average Bonchev–Trinajstić information content (AvgIpc) is 2.38. The number of amides is 1. The third-order valence-electron chi connectivity index (χ3n) is 2.57. The van der Waals surface area contributed by atoms with Crippen LogP contribution in [0.3, 0.4) is 0 Å². The molecule has 0 fully saturated rings. The predicted molar refractivity (Wildman–Crippen MR) is 72.2 cm³/mol. The highest BCUT2D eigenvalue weighted by atomic mass is 35.5. The minimum absolute atomic E-state index is 0.146. The molecule has 0 radical (unpaired) electrons. The molecular formula is C14H8ClFN2O2. The van der Waals surface area contributed by atoms with Crippen molar-refractivity contribution in [2.24, 2.45) is 0 Å². The summed E-state index contributed by atoms with van der Waals surface area (Å²) in [6.45, 7) is 0. The molecule has 0 aliphatic rings. The van der Waals surface area contributed by atoms with Gasteiger partial charge in [0, 0.05) is 5.02 Å². The van der Waals surface area contributed by atoms with E-state index in [1.54, 1.807) is 0 Å². The summed E-state index contributed by atoms with van der Waals surface area (Å²) in [5.41, 5.74) is -0.164. The average molecular weight is 291 g/mol. The normalized spacial score (nSPS) is 9.85. The van der Waals surface area contributed by atoms with Crippen LogP contribution >= 0.6 is 11.6 Å². The number of halogens is 2. The molecule has 0 aromatic heterocycles. The van der Waals surface area contributed by atoms with E-state index in [-0.39, 0.29) is 11.3 Å². The molecule has 0 atom stereocenters. The number of nitrogens with zero attached hydrogens (tertiary/aromatic N) is 1. The molecule has 2 aromatic rings. The van der Waals surface area contributed by atoms with Gasteiger partial charge >= 0.3 is 0 Å². The molecule has 0 bridgehead atoms. The zero-order valence-corrected chi connectivity index (χ0v) is 10.8. The highest BCUT2D eigenvalue weighted by Gasteiger charge is 2.17. The second-order valence-electron chi connectivity index (χ2n) is 3.89. The van der Waals surface area contributed by atoms with Crippen LogP contribution < -0.4 is 5.32 Å². The molecule has 1 amide bonds. The Morgan fingerprint density at radius 3 is 2.75 bits per heavy atom. The van der Waals surface area contributed by atoms with Crippen LogP contribution in [0.1, 0.15) is 15.9 Å². The summed E-state index contributed by atoms with van der Waals surface area (Å²) in [4.78, 5) is 12.0. The van der Waals surface area contributed by atoms with Gasteiger partial charge in [0.2, 0.25) is 0 Å². The molecule has 4 nitrogen and oxygen atoms in total. The number of benzene rings is 2. The van der Waals surface area contributed by atoms with Crippen molar-refractivity contribution in [1.29, 1.82) is 5.26 Å². The Morgan fingerprint density at radius 1 is 1.35 bits per heavy atom. The third kappa shape index (κ3) is 2.71. The fourth-order valence-electron chi connectivity index (χ4n) is 1.64. The Bertz CT molecular complexity index is 705. The van der Waals surface area contributed by atoms with E-state index in [9.17, 15) is 14.3 Å². The van der Waals surface area contributed by atoms with Crippen LogP contribution in [0, 0.1) is 17.1 Å². The van der Waals surface area contributed by atoms with E-state index in [1.165, 1.54) is 30.3 Å². The summed E-state index contributed by atoms with van der Waals surface area (Å²) < 4.78 is 13.6. The summed E-state index contributed by atoms with van der Waals surface area (Å²) in [6.07, 6.45) is 0. The van der Waals surface area contributed by atoms with E-state index in [1.807, 2.05) is 6.07 Å². The van der Waals surface area contributed by atoms with Gasteiger partial charge in [0.25, 0.3) is 5.91 Å². The number of hydrogen-bond acceptors (Lipinski definition) is 3. The summed E-state index contributed by atoms with van der Waals surface area (Å²) in [6, 6.07) is 9.70. The smallest absolute Gasteiger partial charge is 0.262 e. The quantitative estimate of drug-likeness (QED) is 0.891. The van der Waals surface area contributed by atoms with Crippen LogP contribution in [0.5, 0.6) is 5.75 Å². The number of carbonyl (C=O) groups excluding carboxylic acids is 1. The Hall–Kier alpha value is -2.58. The molecule has 20 heavy (non-hydrogen) atoms. The first-order valence-corrected chi connectivity index (χ1v) is 5.89. The lowest BCUT2D eigenvalue weighted by atomic mass is 10.1. The van der Waals surface area contributed by atoms with Gasteiger partial charge in [-0.1, -0.05) is 17.7 Å². The van der Waals surface area contributed by atoms with Crippen LogP contribution in [0.2, 0.25) is 5.02 Å². The van der Waals surface area contributed by atoms with Gasteiger partial charge in [0.05, 0.1) is 11.3 Å². The van der Waals surface area contributed by atoms with Gasteiger partial charge in [-0.2, -0.15) is 5.26 Å². The molecular weight excluding hydrogens is 283 g/mol. The highest BCUT2D eigenvalue weighted by Crippen LogP contribution is 2.24. The largest absolute Gasteiger partial charge is 0.507 e. The SMILES string of the molecule is N#Cc1ccc(Cl)cc1NC(=O)c1c(O)cccc1F. The molecule has 0 saturated carbocycles. The van der Waals surface area contributed by atoms with Crippen LogP contribution in [0.4, 0.5) is 10.1 Å². The van der Waals surface area contributed by atoms with Gasteiger partial charge < -0.3 is 10.4 Å². The predicted octanol–water partition coefficient (Wildman–Crippen LogP) is 3.31. The second kappa shape index (κ2) is 5.59. The van der Waals surface area contributed by atoms with Crippen molar-refractivity contribution in [2.45, 2.75) is 0 Å². The Labute approximate surface area is 119 Å². The minimum Gasteiger partial charge on any atom is -0.507 e. The standard InChI is InChI=1S/C14H8ClFN2O2/c15-9-5-4-8(7-17)11(6-9)18-14(20)13-10(16)2-1-3-12(13)19/h1-6,19H,(H,18,20). The molecule has 0 aliphatic carbocycles. The molecule has 0 aliphatic heterocycles. The molecule has 0 heterocycles. The zero-order valence-electron chi connectivity index (χ0n) is 10.0. The molecule has 0 spiro atoms. The number of nitriles is 1. The van der Waals surface area contributed by atoms with Gasteiger partial charge in [0.15, 0.2) is 0 Å². The number of hydrogen-bond donors (Lipinski definition) is 2. The van der Waals surface area contributed by atoms with Crippen molar-refractivity contribution in [1.82, 2.24) is 0 Å². The van der Waals surface area contributed by atoms with Crippen molar-refractivity contribution >= 4 is 23.2 Å². The van der Waals surface area contributed by atoms with E-state index < -0.39 is 23.0 Å². The van der Waals surface area contributed by atoms with Crippen LogP contribution in [0.25, 0.3) is 0 Å². The molecule has 2 aromatic carbocycles. The third-order valence-corrected chi connectivity index (χ3v) is 2.80. The van der Waals surface area contributed by atoms with Crippen LogP contribution in [0.15, 0.2) is 36.4 Å². The molecule has 2 N–H and O–H groups in total. The van der Waals surface area contributed by atoms with E-state index in [0.717, 1.165) is 6.07 Å². The number of anilines is 1. The van der Waals surface area contributed by atoms with E-state index in [2.05, 4.69) is 5.32 Å². The van der Waals surface area contributed by atoms with Crippen molar-refractivity contribution in [3.63, 3.8) is 0 Å². The molecule has 0 unspecified atom stereocenters. The summed E-state index contributed by atoms with van der Waals surface area (Å²) >= 11 is 5.78. The lowest BCUT2D eigenvalue weighted by Gasteiger charge is -2.09. The lowest BCUT2D eigenvalue weighted by molar-refractivity contribution is 0.102. The van der Waals surface area contributed by atoms with E-state index >= 15 is 0 Å². The van der Waals surface area contributed by atoms with Gasteiger partial charge in [-0.05, 0) is 30.3 Å². The number of aromatic hydroxyl groups is 1. The Morgan fingerprint density at radius 2 is 2.10 bits per heavy atom. The fraction of sp³-hybridized carbons (Fsp3) is 0. The number of carbonyl (C=O) groups is 1. The number of rotatable bonds is 2. The zero-order chi connectivity index (χ0) is 14.7. The minimum atomic E-state index is -0.862. The molecule has 2 rings (SSSR count). The first kappa shape index (κ1) is 13.8. The number of phenols is 1. The highest BCUT2D eigenvalue weighted by molar-refractivity contribution is 6.31. The summed E-state index contributed by atoms with van der Waals surface area (Å²) in [7, 11) is 0. The Kier molecular flexibility index (Phi) is 3.87. The van der Waals surface area contributed by atoms with Crippen molar-refractivity contribution in [3.05, 3.63) is 58.4 Å². The number of phenolic OH excluding ortho intramolecular Hbond substituents is 1. The second-order valence-corrected chi connectivity index (χ2v) is 4.33. The van der Waals surface area contributed by atoms with Gasteiger partial charge in [-0.15, -0.1) is 0 Å². The first-order valence-electron chi connectivity index (χ1n) is 5.51. The summed E-state index contributed by atoms with van der Waals surface area (Å²) in [5, 5.41) is 21.1. The van der Waals surface area contributed by atoms with Gasteiger partial charge in [-0.25, -0.2) is 4.39 Å². The topological polar surface area (TPSA) is 73.1 Å². The van der Waals surface area contributed by atoms with E-state index in [0.29, 0.717) is 5.02 Å². The first-order chi connectivity index (χ1) is 9.52. The van der Waals surface area contributed by atoms with Gasteiger partial charge in [0.1, 0.15) is 23.2 Å². The van der Waals surface area contributed by atoms with E-state index in [4.69, 9.17) is 16.9 Å². The molecule has 100 valence electrons.